The molecular formula is C57H70F2N10O8S2. The molecule has 5 N–H and O–H groups in total. The van der Waals surface area contributed by atoms with Crippen molar-refractivity contribution < 1.29 is 41.5 Å². The molecule has 3 amide bonds. The van der Waals surface area contributed by atoms with Gasteiger partial charge in [0, 0.05) is 81.0 Å². The molecule has 4 aromatic rings. The van der Waals surface area contributed by atoms with Gasteiger partial charge in [-0.2, -0.15) is 0 Å². The number of β-amino-alcohol motifs (C(OH)–C–C–N with tert-alkyl or cyclic N) is 1. The van der Waals surface area contributed by atoms with Crippen molar-refractivity contribution in [3.63, 3.8) is 0 Å². The Morgan fingerprint density at radius 1 is 1.01 bits per heavy atom. The maximum atomic E-state index is 15.4. The molecule has 4 aliphatic heterocycles. The lowest BCUT2D eigenvalue weighted by Crippen LogP contribution is -2.57. The van der Waals surface area contributed by atoms with Crippen LogP contribution in [0.1, 0.15) is 121 Å². The number of benzene rings is 1. The number of likely N-dealkylation sites (tertiary alicyclic amines) is 1. The normalized spacial score (nSPS) is 21.2. The van der Waals surface area contributed by atoms with Crippen LogP contribution in [-0.2, 0) is 41.8 Å². The number of carbonyl (C=O) groups excluding carboxylic acids is 3. The van der Waals surface area contributed by atoms with Crippen molar-refractivity contribution in [3.05, 3.63) is 122 Å². The summed E-state index contributed by atoms with van der Waals surface area (Å²) < 4.78 is 57.0. The molecule has 9 rings (SSSR count). The number of sulfone groups is 1. The Hall–Kier alpha value is -6.62. The van der Waals surface area contributed by atoms with Crippen molar-refractivity contribution in [1.29, 1.82) is 0 Å². The average molecular weight is 1130 g/mol. The van der Waals surface area contributed by atoms with E-state index in [2.05, 4.69) is 31.4 Å². The number of aromatic nitrogens is 3. The maximum absolute atomic E-state index is 15.4. The van der Waals surface area contributed by atoms with Crippen molar-refractivity contribution in [1.82, 2.24) is 40.9 Å². The van der Waals surface area contributed by atoms with E-state index >= 15 is 4.39 Å². The first-order valence-electron chi connectivity index (χ1n) is 27.0. The zero-order chi connectivity index (χ0) is 56.6. The summed E-state index contributed by atoms with van der Waals surface area (Å²) in [6.07, 6.45) is 11.8. The number of aliphatic hydroxyl groups excluding tert-OH is 1. The lowest BCUT2D eigenvalue weighted by atomic mass is 9.85. The van der Waals surface area contributed by atoms with Crippen molar-refractivity contribution in [2.75, 3.05) is 36.5 Å². The fraction of sp³-hybridized carbons (Fsp3) is 0.491. The molecule has 79 heavy (non-hydrogen) atoms. The maximum Gasteiger partial charge on any atom is 0.260 e. The number of carbonyl (C=O) groups is 3. The number of halogens is 2. The van der Waals surface area contributed by atoms with Gasteiger partial charge in [0.05, 0.1) is 63.1 Å². The Kier molecular flexibility index (Phi) is 16.8. The summed E-state index contributed by atoms with van der Waals surface area (Å²) in [5.41, 5.74) is 7.50. The van der Waals surface area contributed by atoms with Crippen molar-refractivity contribution in [2.24, 2.45) is 17.5 Å². The molecule has 1 fully saturated rings. The van der Waals surface area contributed by atoms with Crippen LogP contribution in [0.3, 0.4) is 0 Å². The fourth-order valence-electron chi connectivity index (χ4n) is 11.3. The van der Waals surface area contributed by atoms with E-state index in [4.69, 9.17) is 9.83 Å². The number of hydrogen-bond acceptors (Lipinski definition) is 15. The minimum atomic E-state index is -3.78. The van der Waals surface area contributed by atoms with Crippen LogP contribution >= 0.6 is 11.3 Å². The first-order chi connectivity index (χ1) is 37.5. The Morgan fingerprint density at radius 3 is 2.39 bits per heavy atom. The highest BCUT2D eigenvalue weighted by Gasteiger charge is 2.48. The number of aliphatic imine (C=N–C) groups is 1. The van der Waals surface area contributed by atoms with Gasteiger partial charge in [0.25, 0.3) is 11.5 Å². The molecule has 1 aliphatic carbocycles. The number of anilines is 1. The topological polar surface area (TPSA) is 230 Å². The smallest absolute Gasteiger partial charge is 0.260 e. The third kappa shape index (κ3) is 12.3. The van der Waals surface area contributed by atoms with Gasteiger partial charge in [-0.05, 0) is 61.3 Å². The second-order valence-electron chi connectivity index (χ2n) is 22.5. The summed E-state index contributed by atoms with van der Waals surface area (Å²) in [5, 5.41) is 20.2. The van der Waals surface area contributed by atoms with Gasteiger partial charge >= 0.3 is 0 Å². The number of hydrogen-bond donors (Lipinski definition) is 5. The van der Waals surface area contributed by atoms with E-state index in [-0.39, 0.29) is 60.3 Å². The monoisotopic (exact) mass is 1120 g/mol. The fourth-order valence-corrected chi connectivity index (χ4v) is 12.9. The first-order valence-corrected chi connectivity index (χ1v) is 30.0. The molecule has 3 aromatic heterocycles. The highest BCUT2D eigenvalue weighted by Crippen LogP contribution is 2.47. The second-order valence-corrected chi connectivity index (χ2v) is 25.5. The molecule has 5 aliphatic rings. The molecule has 422 valence electrons. The number of hydroxylamine groups is 1. The molecule has 0 bridgehead atoms. The van der Waals surface area contributed by atoms with Crippen LogP contribution in [0.2, 0.25) is 0 Å². The van der Waals surface area contributed by atoms with E-state index in [1.807, 2.05) is 64.4 Å². The standard InChI is InChI=1S/C57H70F2N10O8S2/c1-33-49(78-32-63-33)34-17-19-35(20-18-34)57(5)65-51(66-77-57)43-27-37(70)29-69(43)55(74)50(56(2,3)4)64-44(71)16-14-12-10-8-9-11-13-15-23-61-53(72)45-39-30-68(52-41(59)26-36(58)28-62-52)42-21-24-60-48(46(39)42)47-38(22-25-67(6)54(47)73)40(45)31-79(7,75)76/h17-20,22,25-26,28,30,32,37,42-43,50,60,70H,8-16,21,23-24,27,29,31H2,1-7H3,(H,61,72)(H,64,71)(H,65,66)/t37-,42?,43+,50-,57-/m1/s1. The van der Waals surface area contributed by atoms with Crippen LogP contribution in [-0.4, -0.2) is 112 Å². The van der Waals surface area contributed by atoms with Gasteiger partial charge in [-0.1, -0.05) is 83.6 Å². The van der Waals surface area contributed by atoms with Crippen LogP contribution in [0, 0.1) is 24.0 Å². The summed E-state index contributed by atoms with van der Waals surface area (Å²) >= 11 is 1.58. The number of unbranched alkanes of at least 4 members (excludes halogenated alkanes) is 7. The van der Waals surface area contributed by atoms with Gasteiger partial charge in [-0.15, -0.1) is 11.3 Å². The van der Waals surface area contributed by atoms with Gasteiger partial charge < -0.3 is 35.4 Å². The van der Waals surface area contributed by atoms with Gasteiger partial charge in [0.15, 0.2) is 21.5 Å². The third-order valence-corrected chi connectivity index (χ3v) is 17.1. The third-order valence-electron chi connectivity index (χ3n) is 15.3. The molecule has 0 radical (unpaired) electrons. The van der Waals surface area contributed by atoms with Gasteiger partial charge in [-0.25, -0.2) is 42.5 Å². The minimum absolute atomic E-state index is 0.0606. The summed E-state index contributed by atoms with van der Waals surface area (Å²) in [5.74, 6) is -3.11. The van der Waals surface area contributed by atoms with E-state index in [0.29, 0.717) is 54.0 Å². The predicted octanol–water partition coefficient (Wildman–Crippen LogP) is 6.71. The Balaban J connectivity index is 0.759. The lowest BCUT2D eigenvalue weighted by molar-refractivity contribution is -0.139. The Labute approximate surface area is 463 Å². The summed E-state index contributed by atoms with van der Waals surface area (Å²) in [6.45, 7) is 10.3. The van der Waals surface area contributed by atoms with E-state index in [0.717, 1.165) is 78.7 Å². The number of amides is 3. The molecule has 0 spiro atoms. The summed E-state index contributed by atoms with van der Waals surface area (Å²) in [7, 11) is -2.19. The molecule has 0 saturated carbocycles. The van der Waals surface area contributed by atoms with Crippen LogP contribution in [0.25, 0.3) is 21.7 Å². The molecule has 1 unspecified atom stereocenters. The first kappa shape index (κ1) is 57.1. The predicted molar refractivity (Wildman–Crippen MR) is 300 cm³/mol. The number of rotatable bonds is 20. The number of nitrogens with zero attached hydrogens (tertiary/aromatic N) is 6. The number of fused-ring (bicyclic) bond motifs is 2. The van der Waals surface area contributed by atoms with Crippen molar-refractivity contribution in [3.8, 4) is 10.4 Å². The number of nitrogens with one attached hydrogen (secondary N) is 4. The van der Waals surface area contributed by atoms with E-state index in [1.54, 1.807) is 35.6 Å². The molecule has 22 heteroatoms. The van der Waals surface area contributed by atoms with Crippen molar-refractivity contribution in [2.45, 2.75) is 135 Å². The molecule has 7 heterocycles. The number of amidine groups is 1. The number of pyridine rings is 2. The van der Waals surface area contributed by atoms with Crippen LogP contribution < -0.4 is 31.9 Å². The zero-order valence-corrected chi connectivity index (χ0v) is 47.4. The average Bonchev–Trinajstić information content (AvgIpc) is 4.40. The van der Waals surface area contributed by atoms with Gasteiger partial charge in [-0.3, -0.25) is 19.2 Å². The molecule has 18 nitrogen and oxygen atoms in total. The second kappa shape index (κ2) is 23.2. The highest BCUT2D eigenvalue weighted by atomic mass is 32.2. The van der Waals surface area contributed by atoms with E-state index in [9.17, 15) is 37.1 Å². The zero-order valence-electron chi connectivity index (χ0n) is 45.8. The van der Waals surface area contributed by atoms with Crippen LogP contribution in [0.4, 0.5) is 14.6 Å². The number of aryl methyl sites for hydroxylation is 2. The number of aliphatic hydroxyl groups is 1. The van der Waals surface area contributed by atoms with Crippen LogP contribution in [0.15, 0.2) is 87.0 Å². The van der Waals surface area contributed by atoms with Gasteiger partial charge in [0.2, 0.25) is 17.5 Å². The van der Waals surface area contributed by atoms with E-state index < -0.39 is 74.1 Å². The lowest BCUT2D eigenvalue weighted by Gasteiger charge is -2.35. The van der Waals surface area contributed by atoms with Crippen molar-refractivity contribution >= 4 is 61.8 Å². The molecule has 1 aromatic carbocycles. The molecule has 5 atom stereocenters. The quantitative estimate of drug-likeness (QED) is 0.0581. The number of thiazole rings is 1. The van der Waals surface area contributed by atoms with E-state index in [1.165, 1.54) is 15.7 Å². The largest absolute Gasteiger partial charge is 0.391 e. The SMILES string of the molecule is Cc1ncsc1-c1ccc([C@]2(C)N=C([C@@H]3C[C@@H](O)CN3C(=O)[C@@H](NC(=O)CCCCCCCCCCNC(=O)C3=C(CS(C)(=O)=O)c4ccn(C)c(=O)c4C4=C5C3=CN(c3ncc(F)cc3F)C5CCN4)C(C)(C)C)NO2)cc1. The summed E-state index contributed by atoms with van der Waals surface area (Å²) in [4.78, 5) is 79.9. The van der Waals surface area contributed by atoms with Crippen LogP contribution in [0.5, 0.6) is 0 Å². The van der Waals surface area contributed by atoms with Gasteiger partial charge in [0.1, 0.15) is 17.7 Å². The Morgan fingerprint density at radius 2 is 1.72 bits per heavy atom. The molecular weight excluding hydrogens is 1050 g/mol. The minimum Gasteiger partial charge on any atom is -0.391 e. The highest BCUT2D eigenvalue weighted by molar-refractivity contribution is 7.91. The molecule has 1 saturated heterocycles. The summed E-state index contributed by atoms with van der Waals surface area (Å²) in [6, 6.07) is 8.28. The Bertz CT molecular complexity index is 3330.